The standard InChI is InChI=1S/C13H22N2O3S/c1-9(2)7-10(3)15-12-8-11(19(14,16)17)5-6-13(12)18-4/h5-6,8-10,15H,7H2,1-4H3,(H2,14,16,17). The number of rotatable bonds is 6. The predicted octanol–water partition coefficient (Wildman–Crippen LogP) is 2.19. The number of methoxy groups -OCH3 is 1. The van der Waals surface area contributed by atoms with Crippen LogP contribution in [0.1, 0.15) is 27.2 Å². The highest BCUT2D eigenvalue weighted by molar-refractivity contribution is 7.89. The lowest BCUT2D eigenvalue weighted by Crippen LogP contribution is -2.19. The van der Waals surface area contributed by atoms with Gasteiger partial charge in [-0.05, 0) is 37.5 Å². The highest BCUT2D eigenvalue weighted by atomic mass is 32.2. The van der Waals surface area contributed by atoms with E-state index in [1.54, 1.807) is 13.2 Å². The smallest absolute Gasteiger partial charge is 0.238 e. The second kappa shape index (κ2) is 6.25. The summed E-state index contributed by atoms with van der Waals surface area (Å²) in [7, 11) is -2.16. The van der Waals surface area contributed by atoms with Gasteiger partial charge >= 0.3 is 0 Å². The molecule has 0 amide bonds. The van der Waals surface area contributed by atoms with E-state index in [1.807, 2.05) is 6.92 Å². The van der Waals surface area contributed by atoms with Gasteiger partial charge in [0.05, 0.1) is 17.7 Å². The highest BCUT2D eigenvalue weighted by Gasteiger charge is 2.14. The average molecular weight is 286 g/mol. The van der Waals surface area contributed by atoms with Gasteiger partial charge in [0.2, 0.25) is 10.0 Å². The molecule has 0 radical (unpaired) electrons. The van der Waals surface area contributed by atoms with E-state index in [0.29, 0.717) is 17.4 Å². The fourth-order valence-electron chi connectivity index (χ4n) is 2.01. The zero-order valence-corrected chi connectivity index (χ0v) is 12.6. The summed E-state index contributed by atoms with van der Waals surface area (Å²) < 4.78 is 27.9. The number of ether oxygens (including phenoxy) is 1. The van der Waals surface area contributed by atoms with Gasteiger partial charge in [-0.25, -0.2) is 13.6 Å². The molecule has 0 aliphatic heterocycles. The molecule has 1 atom stereocenters. The summed E-state index contributed by atoms with van der Waals surface area (Å²) >= 11 is 0. The van der Waals surface area contributed by atoms with E-state index in [4.69, 9.17) is 9.88 Å². The Kier molecular flexibility index (Phi) is 5.20. The van der Waals surface area contributed by atoms with Crippen LogP contribution in [0.2, 0.25) is 0 Å². The average Bonchev–Trinajstić information content (AvgIpc) is 2.26. The van der Waals surface area contributed by atoms with Crippen molar-refractivity contribution in [1.82, 2.24) is 0 Å². The number of nitrogens with two attached hydrogens (primary N) is 1. The topological polar surface area (TPSA) is 81.4 Å². The Labute approximate surface area is 115 Å². The molecule has 0 bridgehead atoms. The highest BCUT2D eigenvalue weighted by Crippen LogP contribution is 2.28. The Hall–Kier alpha value is -1.27. The van der Waals surface area contributed by atoms with Gasteiger partial charge in [0, 0.05) is 6.04 Å². The number of hydrogen-bond acceptors (Lipinski definition) is 4. The van der Waals surface area contributed by atoms with E-state index < -0.39 is 10.0 Å². The molecule has 3 N–H and O–H groups in total. The molecular weight excluding hydrogens is 264 g/mol. The lowest BCUT2D eigenvalue weighted by Gasteiger charge is -2.19. The molecule has 0 saturated heterocycles. The van der Waals surface area contributed by atoms with Crippen LogP contribution in [0.3, 0.4) is 0 Å². The summed E-state index contributed by atoms with van der Waals surface area (Å²) in [5.74, 6) is 1.15. The van der Waals surface area contributed by atoms with Crippen molar-refractivity contribution in [2.45, 2.75) is 38.1 Å². The van der Waals surface area contributed by atoms with E-state index in [2.05, 4.69) is 19.2 Å². The van der Waals surface area contributed by atoms with Crippen LogP contribution in [0.15, 0.2) is 23.1 Å². The van der Waals surface area contributed by atoms with Crippen molar-refractivity contribution < 1.29 is 13.2 Å². The Balaban J connectivity index is 3.03. The van der Waals surface area contributed by atoms with Gasteiger partial charge in [0.1, 0.15) is 5.75 Å². The molecule has 0 aliphatic rings. The van der Waals surface area contributed by atoms with Gasteiger partial charge < -0.3 is 10.1 Å². The first-order valence-electron chi connectivity index (χ1n) is 6.21. The summed E-state index contributed by atoms with van der Waals surface area (Å²) in [5, 5.41) is 8.39. The van der Waals surface area contributed by atoms with Crippen LogP contribution in [-0.4, -0.2) is 21.6 Å². The molecular formula is C13H22N2O3S. The first-order valence-corrected chi connectivity index (χ1v) is 7.76. The Morgan fingerprint density at radius 2 is 1.95 bits per heavy atom. The van der Waals surface area contributed by atoms with Crippen LogP contribution in [0.5, 0.6) is 5.75 Å². The molecule has 19 heavy (non-hydrogen) atoms. The molecule has 0 aromatic heterocycles. The summed E-state index contributed by atoms with van der Waals surface area (Å²) in [6, 6.07) is 4.76. The first-order chi connectivity index (χ1) is 8.74. The van der Waals surface area contributed by atoms with Crippen molar-refractivity contribution in [1.29, 1.82) is 0 Å². The van der Waals surface area contributed by atoms with Gasteiger partial charge in [-0.2, -0.15) is 0 Å². The minimum absolute atomic E-state index is 0.0764. The molecule has 0 heterocycles. The van der Waals surface area contributed by atoms with Gasteiger partial charge in [-0.1, -0.05) is 13.8 Å². The van der Waals surface area contributed by atoms with E-state index in [1.165, 1.54) is 12.1 Å². The number of hydrogen-bond donors (Lipinski definition) is 2. The minimum atomic E-state index is -3.70. The Bertz CT molecular complexity index is 527. The molecule has 1 unspecified atom stereocenters. The van der Waals surface area contributed by atoms with Crippen LogP contribution in [-0.2, 0) is 10.0 Å². The molecule has 0 saturated carbocycles. The minimum Gasteiger partial charge on any atom is -0.495 e. The van der Waals surface area contributed by atoms with E-state index >= 15 is 0 Å². The van der Waals surface area contributed by atoms with Gasteiger partial charge in [-0.3, -0.25) is 0 Å². The van der Waals surface area contributed by atoms with Crippen LogP contribution < -0.4 is 15.2 Å². The lowest BCUT2D eigenvalue weighted by molar-refractivity contribution is 0.415. The molecule has 1 aromatic rings. The number of primary sulfonamides is 1. The van der Waals surface area contributed by atoms with E-state index in [-0.39, 0.29) is 10.9 Å². The second-order valence-corrected chi connectivity index (χ2v) is 6.64. The summed E-state index contributed by atoms with van der Waals surface area (Å²) in [6.07, 6.45) is 0.975. The number of sulfonamides is 1. The quantitative estimate of drug-likeness (QED) is 0.840. The van der Waals surface area contributed by atoms with Crippen molar-refractivity contribution >= 4 is 15.7 Å². The second-order valence-electron chi connectivity index (χ2n) is 5.08. The van der Waals surface area contributed by atoms with E-state index in [9.17, 15) is 8.42 Å². The predicted molar refractivity (Wildman–Crippen MR) is 76.9 cm³/mol. The van der Waals surface area contributed by atoms with Crippen molar-refractivity contribution in [3.8, 4) is 5.75 Å². The summed E-state index contributed by atoms with van der Waals surface area (Å²) in [6.45, 7) is 6.31. The van der Waals surface area contributed by atoms with Gasteiger partial charge in [0.15, 0.2) is 0 Å². The van der Waals surface area contributed by atoms with Crippen molar-refractivity contribution in [3.05, 3.63) is 18.2 Å². The molecule has 6 heteroatoms. The van der Waals surface area contributed by atoms with Crippen molar-refractivity contribution in [3.63, 3.8) is 0 Å². The maximum Gasteiger partial charge on any atom is 0.238 e. The van der Waals surface area contributed by atoms with E-state index in [0.717, 1.165) is 6.42 Å². The Morgan fingerprint density at radius 1 is 1.32 bits per heavy atom. The van der Waals surface area contributed by atoms with Gasteiger partial charge in [0.25, 0.3) is 0 Å². The number of anilines is 1. The maximum atomic E-state index is 11.4. The number of nitrogens with one attached hydrogen (secondary N) is 1. The van der Waals surface area contributed by atoms with Crippen molar-refractivity contribution in [2.75, 3.05) is 12.4 Å². The third kappa shape index (κ3) is 4.72. The summed E-state index contributed by atoms with van der Waals surface area (Å²) in [4.78, 5) is 0.0764. The lowest BCUT2D eigenvalue weighted by atomic mass is 10.1. The first kappa shape index (κ1) is 15.8. The fourth-order valence-corrected chi connectivity index (χ4v) is 2.55. The molecule has 1 rings (SSSR count). The maximum absolute atomic E-state index is 11.4. The Morgan fingerprint density at radius 3 is 2.42 bits per heavy atom. The third-order valence-corrected chi connectivity index (χ3v) is 3.64. The largest absolute Gasteiger partial charge is 0.495 e. The zero-order chi connectivity index (χ0) is 14.6. The molecule has 0 spiro atoms. The zero-order valence-electron chi connectivity index (χ0n) is 11.8. The SMILES string of the molecule is COc1ccc(S(N)(=O)=O)cc1NC(C)CC(C)C. The molecule has 0 aliphatic carbocycles. The molecule has 1 aromatic carbocycles. The monoisotopic (exact) mass is 286 g/mol. The summed E-state index contributed by atoms with van der Waals surface area (Å²) in [5.41, 5.74) is 0.641. The number of benzene rings is 1. The van der Waals surface area contributed by atoms with Crippen molar-refractivity contribution in [2.24, 2.45) is 11.1 Å². The van der Waals surface area contributed by atoms with Crippen LogP contribution in [0.4, 0.5) is 5.69 Å². The molecule has 108 valence electrons. The molecule has 5 nitrogen and oxygen atoms in total. The van der Waals surface area contributed by atoms with Crippen LogP contribution in [0.25, 0.3) is 0 Å². The van der Waals surface area contributed by atoms with Crippen LogP contribution in [0, 0.1) is 5.92 Å². The van der Waals surface area contributed by atoms with Crippen LogP contribution >= 0.6 is 0 Å². The normalized spacial score (nSPS) is 13.4. The fraction of sp³-hybridized carbons (Fsp3) is 0.538. The molecule has 0 fully saturated rings. The third-order valence-electron chi connectivity index (χ3n) is 2.73. The van der Waals surface area contributed by atoms with Gasteiger partial charge in [-0.15, -0.1) is 0 Å².